The summed E-state index contributed by atoms with van der Waals surface area (Å²) >= 11 is 5.63. The lowest BCUT2D eigenvalue weighted by Gasteiger charge is -2.07. The molecule has 7 heteroatoms. The minimum atomic E-state index is -0.0896. The Bertz CT molecular complexity index is 718. The Morgan fingerprint density at radius 3 is 2.90 bits per heavy atom. The van der Waals surface area contributed by atoms with E-state index in [9.17, 15) is 4.79 Å². The number of nitrogens with one attached hydrogen (secondary N) is 1. The smallest absolute Gasteiger partial charge is 0.230 e. The van der Waals surface area contributed by atoms with Crippen LogP contribution in [0.1, 0.15) is 12.0 Å². The molecule has 0 saturated heterocycles. The molecule has 1 aliphatic heterocycles. The van der Waals surface area contributed by atoms with Crippen molar-refractivity contribution >= 4 is 61.5 Å². The molecule has 0 bridgehead atoms. The van der Waals surface area contributed by atoms with Gasteiger partial charge >= 0.3 is 0 Å². The maximum atomic E-state index is 12.0. The van der Waals surface area contributed by atoms with Gasteiger partial charge in [-0.25, -0.2) is 4.99 Å². The molecule has 20 heavy (non-hydrogen) atoms. The van der Waals surface area contributed by atoms with Gasteiger partial charge in [-0.1, -0.05) is 15.9 Å². The van der Waals surface area contributed by atoms with Crippen molar-refractivity contribution in [1.82, 2.24) is 10.2 Å². The van der Waals surface area contributed by atoms with Gasteiger partial charge in [0.2, 0.25) is 5.91 Å². The van der Waals surface area contributed by atoms with Gasteiger partial charge in [-0.2, -0.15) is 10.2 Å². The number of hydrogen-bond acceptors (Lipinski definition) is 4. The zero-order valence-electron chi connectivity index (χ0n) is 10.1. The Labute approximate surface area is 137 Å². The molecule has 0 fully saturated rings. The number of nitrogens with zero attached hydrogens (tertiary/aromatic N) is 3. The number of carbonyl (C=O) groups excluding carboxylic acids is 1. The van der Waals surface area contributed by atoms with Crippen LogP contribution in [0.5, 0.6) is 0 Å². The number of aliphatic imine (C=N–C) groups is 1. The van der Waals surface area contributed by atoms with Gasteiger partial charge in [-0.3, -0.25) is 4.79 Å². The Morgan fingerprint density at radius 2 is 2.15 bits per heavy atom. The van der Waals surface area contributed by atoms with Gasteiger partial charge in [0.05, 0.1) is 30.2 Å². The lowest BCUT2D eigenvalue weighted by atomic mass is 10.1. The number of anilines is 1. The number of benzene rings is 1. The molecule has 1 aromatic heterocycles. The van der Waals surface area contributed by atoms with Crippen LogP contribution < -0.4 is 5.32 Å². The molecule has 0 aliphatic carbocycles. The molecule has 1 N–H and O–H groups in total. The molecule has 0 atom stereocenters. The summed E-state index contributed by atoms with van der Waals surface area (Å²) in [6.45, 7) is 0. The second-order valence-corrected chi connectivity index (χ2v) is 6.28. The van der Waals surface area contributed by atoms with Crippen LogP contribution in [0.15, 0.2) is 40.1 Å². The molecule has 1 amide bonds. The van der Waals surface area contributed by atoms with Crippen LogP contribution in [0.3, 0.4) is 0 Å². The summed E-state index contributed by atoms with van der Waals surface area (Å²) in [5, 5.41) is 10.5. The predicted molar refractivity (Wildman–Crippen MR) is 88.3 cm³/mol. The lowest BCUT2D eigenvalue weighted by Crippen LogP contribution is -2.15. The first-order chi connectivity index (χ1) is 9.63. The average molecular weight is 443 g/mol. The van der Waals surface area contributed by atoms with E-state index in [0.29, 0.717) is 11.4 Å². The molecule has 2 heterocycles. The van der Waals surface area contributed by atoms with Gasteiger partial charge in [0, 0.05) is 13.6 Å². The topological polar surface area (TPSA) is 67.2 Å². The highest BCUT2D eigenvalue weighted by molar-refractivity contribution is 14.1. The monoisotopic (exact) mass is 442 g/mol. The van der Waals surface area contributed by atoms with Crippen LogP contribution in [0.2, 0.25) is 0 Å². The molecular formula is C13H8BrIN4O. The van der Waals surface area contributed by atoms with Gasteiger partial charge < -0.3 is 5.32 Å². The first-order valence-electron chi connectivity index (χ1n) is 5.77. The zero-order valence-corrected chi connectivity index (χ0v) is 13.8. The average Bonchev–Trinajstić information content (AvgIpc) is 2.58. The number of aromatic nitrogens is 2. The third-order valence-corrected chi connectivity index (χ3v) is 4.07. The minimum Gasteiger partial charge on any atom is -0.324 e. The summed E-state index contributed by atoms with van der Waals surface area (Å²) < 4.78 is 1.87. The van der Waals surface area contributed by atoms with E-state index in [1.165, 1.54) is 0 Å². The number of amides is 1. The van der Waals surface area contributed by atoms with Crippen LogP contribution in [0.25, 0.3) is 0 Å². The first-order valence-corrected chi connectivity index (χ1v) is 7.64. The fourth-order valence-electron chi connectivity index (χ4n) is 1.92. The highest BCUT2D eigenvalue weighted by atomic mass is 127. The second kappa shape index (κ2) is 5.57. The number of hydrogen-bond donors (Lipinski definition) is 1. The summed E-state index contributed by atoms with van der Waals surface area (Å²) in [7, 11) is 0. The zero-order chi connectivity index (χ0) is 14.1. The molecule has 5 nitrogen and oxygen atoms in total. The lowest BCUT2D eigenvalue weighted by molar-refractivity contribution is -0.115. The molecule has 100 valence electrons. The van der Waals surface area contributed by atoms with E-state index in [2.05, 4.69) is 59.0 Å². The molecule has 1 aromatic carbocycles. The van der Waals surface area contributed by atoms with Crippen LogP contribution in [-0.2, 0) is 4.79 Å². The third kappa shape index (κ3) is 2.73. The van der Waals surface area contributed by atoms with E-state index in [0.717, 1.165) is 19.3 Å². The number of rotatable bonds is 1. The largest absolute Gasteiger partial charge is 0.324 e. The fourth-order valence-corrected chi connectivity index (χ4v) is 3.56. The van der Waals surface area contributed by atoms with Crippen molar-refractivity contribution in [3.05, 3.63) is 44.2 Å². The van der Waals surface area contributed by atoms with Gasteiger partial charge in [0.1, 0.15) is 5.69 Å². The van der Waals surface area contributed by atoms with Gasteiger partial charge in [0.25, 0.3) is 0 Å². The Kier molecular flexibility index (Phi) is 3.79. The van der Waals surface area contributed by atoms with Crippen molar-refractivity contribution in [3.8, 4) is 0 Å². The van der Waals surface area contributed by atoms with Crippen LogP contribution in [-0.4, -0.2) is 21.8 Å². The molecule has 0 radical (unpaired) electrons. The van der Waals surface area contributed by atoms with Crippen molar-refractivity contribution in [2.45, 2.75) is 6.42 Å². The second-order valence-electron chi connectivity index (χ2n) is 4.20. The SMILES string of the molecule is O=C1CC(c2ccnnc2)=Nc2c(I)cc(Br)cc2N1. The van der Waals surface area contributed by atoms with Crippen molar-refractivity contribution in [2.75, 3.05) is 5.32 Å². The summed E-state index contributed by atoms with van der Waals surface area (Å²) in [5.41, 5.74) is 2.98. The number of halogens is 2. The minimum absolute atomic E-state index is 0.0896. The molecule has 0 saturated carbocycles. The van der Waals surface area contributed by atoms with E-state index in [-0.39, 0.29) is 12.3 Å². The van der Waals surface area contributed by atoms with Gasteiger partial charge in [0.15, 0.2) is 0 Å². The predicted octanol–water partition coefficient (Wildman–Crippen LogP) is 3.31. The maximum Gasteiger partial charge on any atom is 0.230 e. The number of fused-ring (bicyclic) bond motifs is 1. The summed E-state index contributed by atoms with van der Waals surface area (Å²) in [5.74, 6) is -0.0896. The van der Waals surface area contributed by atoms with Gasteiger partial charge in [-0.15, -0.1) is 0 Å². The van der Waals surface area contributed by atoms with E-state index in [1.54, 1.807) is 18.5 Å². The van der Waals surface area contributed by atoms with Crippen molar-refractivity contribution in [2.24, 2.45) is 4.99 Å². The molecule has 1 aliphatic rings. The van der Waals surface area contributed by atoms with Crippen molar-refractivity contribution < 1.29 is 4.79 Å². The van der Waals surface area contributed by atoms with Gasteiger partial charge in [-0.05, 0) is 40.8 Å². The summed E-state index contributed by atoms with van der Waals surface area (Å²) in [6, 6.07) is 5.62. The highest BCUT2D eigenvalue weighted by Gasteiger charge is 2.19. The Balaban J connectivity index is 2.17. The molecule has 0 spiro atoms. The first kappa shape index (κ1) is 13.6. The van der Waals surface area contributed by atoms with Crippen molar-refractivity contribution in [1.29, 1.82) is 0 Å². The fraction of sp³-hybridized carbons (Fsp3) is 0.0769. The van der Waals surface area contributed by atoms with Crippen LogP contribution >= 0.6 is 38.5 Å². The summed E-state index contributed by atoms with van der Waals surface area (Å²) in [4.78, 5) is 16.6. The highest BCUT2D eigenvalue weighted by Crippen LogP contribution is 2.36. The maximum absolute atomic E-state index is 12.0. The molecule has 0 unspecified atom stereocenters. The Hall–Kier alpha value is -1.35. The van der Waals surface area contributed by atoms with E-state index >= 15 is 0 Å². The Morgan fingerprint density at radius 1 is 1.30 bits per heavy atom. The van der Waals surface area contributed by atoms with E-state index < -0.39 is 0 Å². The van der Waals surface area contributed by atoms with Crippen molar-refractivity contribution in [3.63, 3.8) is 0 Å². The van der Waals surface area contributed by atoms with Crippen LogP contribution in [0.4, 0.5) is 11.4 Å². The quantitative estimate of drug-likeness (QED) is 0.689. The normalized spacial score (nSPS) is 14.1. The number of carbonyl (C=O) groups is 1. The van der Waals surface area contributed by atoms with E-state index in [4.69, 9.17) is 0 Å². The molecule has 2 aromatic rings. The van der Waals surface area contributed by atoms with Crippen LogP contribution in [0, 0.1) is 3.57 Å². The molecule has 3 rings (SSSR count). The molecular weight excluding hydrogens is 435 g/mol. The third-order valence-electron chi connectivity index (χ3n) is 2.79. The summed E-state index contributed by atoms with van der Waals surface area (Å²) in [6.07, 6.45) is 3.42. The van der Waals surface area contributed by atoms with E-state index in [1.807, 2.05) is 12.1 Å². The standard InChI is InChI=1S/C13H8BrIN4O/c14-8-3-9(15)13-11(4-8)18-12(20)5-10(19-13)7-1-2-16-17-6-7/h1-4,6H,5H2,(H,18,20).